The van der Waals surface area contributed by atoms with Gasteiger partial charge in [0.1, 0.15) is 5.60 Å². The highest BCUT2D eigenvalue weighted by atomic mass is 16.5. The van der Waals surface area contributed by atoms with Crippen molar-refractivity contribution in [1.82, 2.24) is 10.1 Å². The molecular weight excluding hydrogens is 230 g/mol. The minimum atomic E-state index is -0.457. The second-order valence-electron chi connectivity index (χ2n) is 4.74. The lowest BCUT2D eigenvalue weighted by Crippen LogP contribution is -2.26. The molecule has 0 saturated carbocycles. The molecule has 2 atom stereocenters. The van der Waals surface area contributed by atoms with E-state index in [1.165, 1.54) is 0 Å². The van der Waals surface area contributed by atoms with Gasteiger partial charge >= 0.3 is 0 Å². The molecule has 0 saturated heterocycles. The molecule has 1 heterocycles. The van der Waals surface area contributed by atoms with Crippen molar-refractivity contribution in [1.29, 1.82) is 0 Å². The minimum Gasteiger partial charge on any atom is -0.367 e. The molecule has 5 nitrogen and oxygen atoms in total. The van der Waals surface area contributed by atoms with Crippen LogP contribution >= 0.6 is 0 Å². The Kier molecular flexibility index (Phi) is 5.75. The summed E-state index contributed by atoms with van der Waals surface area (Å²) in [5.41, 5.74) is 5.23. The van der Waals surface area contributed by atoms with E-state index in [0.29, 0.717) is 30.8 Å². The lowest BCUT2D eigenvalue weighted by atomic mass is 10.0. The Hall–Kier alpha value is -0.940. The van der Waals surface area contributed by atoms with Crippen LogP contribution in [0.25, 0.3) is 0 Å². The van der Waals surface area contributed by atoms with Crippen molar-refractivity contribution in [3.8, 4) is 0 Å². The summed E-state index contributed by atoms with van der Waals surface area (Å²) in [5, 5.41) is 4.05. The zero-order chi connectivity index (χ0) is 13.6. The molecule has 0 spiro atoms. The van der Waals surface area contributed by atoms with E-state index in [4.69, 9.17) is 15.0 Å². The highest BCUT2D eigenvalue weighted by molar-refractivity contribution is 4.99. The number of rotatable bonds is 8. The maximum absolute atomic E-state index is 5.73. The first kappa shape index (κ1) is 15.1. The second kappa shape index (κ2) is 6.85. The summed E-state index contributed by atoms with van der Waals surface area (Å²) >= 11 is 0. The maximum atomic E-state index is 5.73. The first-order valence-electron chi connectivity index (χ1n) is 6.76. The molecule has 2 N–H and O–H groups in total. The number of ether oxygens (including phenoxy) is 1. The lowest BCUT2D eigenvalue weighted by molar-refractivity contribution is -0.0403. The average Bonchev–Trinajstić information content (AvgIpc) is 2.85. The highest BCUT2D eigenvalue weighted by Gasteiger charge is 2.31. The van der Waals surface area contributed by atoms with Crippen molar-refractivity contribution in [2.75, 3.05) is 13.2 Å². The standard InChI is InChI=1S/C13H25N3O2/c1-5-10(9-14)8-11-15-12(16-18-11)13(4,6-2)17-7-3/h10H,5-9,14H2,1-4H3. The van der Waals surface area contributed by atoms with E-state index in [1.807, 2.05) is 13.8 Å². The first-order valence-corrected chi connectivity index (χ1v) is 6.76. The van der Waals surface area contributed by atoms with Crippen LogP contribution in [0.2, 0.25) is 0 Å². The molecule has 0 amide bonds. The molecule has 0 aliphatic rings. The van der Waals surface area contributed by atoms with Gasteiger partial charge in [0.15, 0.2) is 0 Å². The van der Waals surface area contributed by atoms with Crippen molar-refractivity contribution < 1.29 is 9.26 Å². The van der Waals surface area contributed by atoms with Gasteiger partial charge in [-0.3, -0.25) is 0 Å². The third-order valence-electron chi connectivity index (χ3n) is 3.45. The first-order chi connectivity index (χ1) is 8.59. The third-order valence-corrected chi connectivity index (χ3v) is 3.45. The van der Waals surface area contributed by atoms with Crippen LogP contribution in [-0.2, 0) is 16.8 Å². The van der Waals surface area contributed by atoms with Crippen molar-refractivity contribution >= 4 is 0 Å². The smallest absolute Gasteiger partial charge is 0.227 e. The maximum Gasteiger partial charge on any atom is 0.227 e. The summed E-state index contributed by atoms with van der Waals surface area (Å²) in [7, 11) is 0. The molecule has 104 valence electrons. The Morgan fingerprint density at radius 3 is 2.61 bits per heavy atom. The number of aromatic nitrogens is 2. The van der Waals surface area contributed by atoms with Gasteiger partial charge in [-0.25, -0.2) is 0 Å². The fourth-order valence-corrected chi connectivity index (χ4v) is 1.84. The van der Waals surface area contributed by atoms with E-state index in [2.05, 4.69) is 24.0 Å². The number of nitrogens with two attached hydrogens (primary N) is 1. The average molecular weight is 255 g/mol. The van der Waals surface area contributed by atoms with Crippen LogP contribution in [0.15, 0.2) is 4.52 Å². The number of nitrogens with zero attached hydrogens (tertiary/aromatic N) is 2. The van der Waals surface area contributed by atoms with Crippen LogP contribution in [-0.4, -0.2) is 23.3 Å². The summed E-state index contributed by atoms with van der Waals surface area (Å²) < 4.78 is 11.0. The molecule has 1 rings (SSSR count). The largest absolute Gasteiger partial charge is 0.367 e. The van der Waals surface area contributed by atoms with Crippen LogP contribution in [0.4, 0.5) is 0 Å². The lowest BCUT2D eigenvalue weighted by Gasteiger charge is -2.23. The van der Waals surface area contributed by atoms with Crippen LogP contribution in [0.1, 0.15) is 52.3 Å². The normalized spacial score (nSPS) is 16.5. The zero-order valence-electron chi connectivity index (χ0n) is 11.9. The van der Waals surface area contributed by atoms with Crippen LogP contribution in [0.5, 0.6) is 0 Å². The second-order valence-corrected chi connectivity index (χ2v) is 4.74. The fraction of sp³-hybridized carbons (Fsp3) is 0.846. The van der Waals surface area contributed by atoms with Gasteiger partial charge in [-0.1, -0.05) is 25.4 Å². The van der Waals surface area contributed by atoms with Gasteiger partial charge in [-0.2, -0.15) is 4.98 Å². The molecule has 5 heteroatoms. The van der Waals surface area contributed by atoms with Crippen LogP contribution in [0, 0.1) is 5.92 Å². The topological polar surface area (TPSA) is 74.2 Å². The Morgan fingerprint density at radius 1 is 1.39 bits per heavy atom. The van der Waals surface area contributed by atoms with Gasteiger partial charge in [0, 0.05) is 13.0 Å². The summed E-state index contributed by atoms with van der Waals surface area (Å²) in [6, 6.07) is 0. The van der Waals surface area contributed by atoms with E-state index in [0.717, 1.165) is 19.3 Å². The molecule has 0 radical (unpaired) electrons. The van der Waals surface area contributed by atoms with Crippen molar-refractivity contribution in [2.24, 2.45) is 11.7 Å². The van der Waals surface area contributed by atoms with E-state index in [9.17, 15) is 0 Å². The molecule has 1 aromatic heterocycles. The van der Waals surface area contributed by atoms with E-state index in [-0.39, 0.29) is 0 Å². The van der Waals surface area contributed by atoms with Gasteiger partial charge < -0.3 is 15.0 Å². The van der Waals surface area contributed by atoms with Crippen molar-refractivity contribution in [2.45, 2.75) is 52.6 Å². The Morgan fingerprint density at radius 2 is 2.11 bits per heavy atom. The molecule has 0 aliphatic carbocycles. The molecule has 0 fully saturated rings. The third kappa shape index (κ3) is 3.53. The fourth-order valence-electron chi connectivity index (χ4n) is 1.84. The van der Waals surface area contributed by atoms with Gasteiger partial charge in [0.05, 0.1) is 0 Å². The van der Waals surface area contributed by atoms with Crippen LogP contribution in [0.3, 0.4) is 0 Å². The van der Waals surface area contributed by atoms with Crippen LogP contribution < -0.4 is 5.73 Å². The van der Waals surface area contributed by atoms with Gasteiger partial charge in [-0.15, -0.1) is 0 Å². The molecule has 0 aliphatic heterocycles. The predicted octanol–water partition coefficient (Wildman–Crippen LogP) is 2.26. The quantitative estimate of drug-likeness (QED) is 0.771. The molecule has 18 heavy (non-hydrogen) atoms. The van der Waals surface area contributed by atoms with Gasteiger partial charge in [0.25, 0.3) is 0 Å². The highest BCUT2D eigenvalue weighted by Crippen LogP contribution is 2.26. The number of hydrogen-bond donors (Lipinski definition) is 1. The summed E-state index contributed by atoms with van der Waals surface area (Å²) in [5.74, 6) is 1.69. The van der Waals surface area contributed by atoms with Gasteiger partial charge in [0.2, 0.25) is 11.7 Å². The summed E-state index contributed by atoms with van der Waals surface area (Å²) in [6.45, 7) is 9.41. The van der Waals surface area contributed by atoms with Crippen molar-refractivity contribution in [3.63, 3.8) is 0 Å². The molecule has 1 aromatic rings. The van der Waals surface area contributed by atoms with Crippen molar-refractivity contribution in [3.05, 3.63) is 11.7 Å². The summed E-state index contributed by atoms with van der Waals surface area (Å²) in [6.07, 6.45) is 2.57. The van der Waals surface area contributed by atoms with E-state index >= 15 is 0 Å². The monoisotopic (exact) mass is 255 g/mol. The Bertz CT molecular complexity index is 350. The molecule has 0 aromatic carbocycles. The van der Waals surface area contributed by atoms with Gasteiger partial charge in [-0.05, 0) is 32.7 Å². The Labute approximate surface area is 109 Å². The van der Waals surface area contributed by atoms with E-state index < -0.39 is 5.60 Å². The SMILES string of the molecule is CCOC(C)(CC)c1noc(CC(CC)CN)n1. The summed E-state index contributed by atoms with van der Waals surface area (Å²) in [4.78, 5) is 4.45. The predicted molar refractivity (Wildman–Crippen MR) is 70.1 cm³/mol. The molecule has 0 bridgehead atoms. The molecule has 2 unspecified atom stereocenters. The van der Waals surface area contributed by atoms with E-state index in [1.54, 1.807) is 0 Å². The minimum absolute atomic E-state index is 0.401. The number of hydrogen-bond acceptors (Lipinski definition) is 5. The molecular formula is C13H25N3O2. The Balaban J connectivity index is 2.78. The zero-order valence-corrected chi connectivity index (χ0v) is 11.9.